The minimum Gasteiger partial charge on any atom is -0.379 e. The molecule has 3 rings (SSSR count). The molecule has 1 aromatic rings. The highest BCUT2D eigenvalue weighted by Gasteiger charge is 2.42. The summed E-state index contributed by atoms with van der Waals surface area (Å²) in [4.78, 5) is 0. The molecule has 1 unspecified atom stereocenters. The number of hydrogen-bond acceptors (Lipinski definition) is 2. The summed E-state index contributed by atoms with van der Waals surface area (Å²) in [6.07, 6.45) is 6.31. The first-order valence-corrected chi connectivity index (χ1v) is 7.73. The number of benzene rings is 1. The zero-order valence-corrected chi connectivity index (χ0v) is 12.0. The van der Waals surface area contributed by atoms with E-state index < -0.39 is 0 Å². The molecule has 2 heteroatoms. The molecule has 1 atom stereocenters. The van der Waals surface area contributed by atoms with Crippen molar-refractivity contribution in [2.75, 3.05) is 19.8 Å². The Morgan fingerprint density at radius 1 is 1.26 bits per heavy atom. The third-order valence-corrected chi connectivity index (χ3v) is 4.66. The first-order valence-electron chi connectivity index (χ1n) is 7.73. The Morgan fingerprint density at radius 2 is 2.05 bits per heavy atom. The van der Waals surface area contributed by atoms with Crippen LogP contribution in [0, 0.1) is 0 Å². The minimum atomic E-state index is 0.284. The van der Waals surface area contributed by atoms with Crippen LogP contribution in [0.15, 0.2) is 24.3 Å². The van der Waals surface area contributed by atoms with Gasteiger partial charge in [-0.15, -0.1) is 0 Å². The summed E-state index contributed by atoms with van der Waals surface area (Å²) in [5.41, 5.74) is 3.22. The SMILES string of the molecule is CCCc1ccc(C2(CC3CCCN3)COC2)cc1. The van der Waals surface area contributed by atoms with Crippen molar-refractivity contribution in [1.82, 2.24) is 5.32 Å². The standard InChI is InChI=1S/C17H25NO/c1-2-4-14-6-8-15(9-7-14)17(12-19-13-17)11-16-5-3-10-18-16/h6-9,16,18H,2-5,10-13H2,1H3. The van der Waals surface area contributed by atoms with Gasteiger partial charge in [0.2, 0.25) is 0 Å². The van der Waals surface area contributed by atoms with Crippen LogP contribution in [-0.2, 0) is 16.6 Å². The lowest BCUT2D eigenvalue weighted by Gasteiger charge is -2.43. The number of hydrogen-bond donors (Lipinski definition) is 1. The Labute approximate surface area is 116 Å². The van der Waals surface area contributed by atoms with Gasteiger partial charge in [-0.1, -0.05) is 37.6 Å². The molecule has 2 fully saturated rings. The molecule has 1 N–H and O–H groups in total. The van der Waals surface area contributed by atoms with Crippen molar-refractivity contribution in [3.8, 4) is 0 Å². The molecule has 0 amide bonds. The Bertz CT molecular complexity index is 402. The zero-order chi connectivity index (χ0) is 13.1. The molecule has 0 aromatic heterocycles. The number of ether oxygens (including phenoxy) is 1. The van der Waals surface area contributed by atoms with E-state index in [9.17, 15) is 0 Å². The van der Waals surface area contributed by atoms with E-state index in [0.717, 1.165) is 13.2 Å². The second kappa shape index (κ2) is 5.64. The van der Waals surface area contributed by atoms with Crippen molar-refractivity contribution in [2.24, 2.45) is 0 Å². The van der Waals surface area contributed by atoms with E-state index in [1.165, 1.54) is 49.8 Å². The maximum absolute atomic E-state index is 5.55. The van der Waals surface area contributed by atoms with E-state index in [2.05, 4.69) is 36.5 Å². The zero-order valence-electron chi connectivity index (χ0n) is 12.0. The fourth-order valence-electron chi connectivity index (χ4n) is 3.47. The third-order valence-electron chi connectivity index (χ3n) is 4.66. The van der Waals surface area contributed by atoms with Gasteiger partial charge in [0.25, 0.3) is 0 Å². The van der Waals surface area contributed by atoms with Crippen LogP contribution in [0.2, 0.25) is 0 Å². The molecule has 0 aliphatic carbocycles. The minimum absolute atomic E-state index is 0.284. The quantitative estimate of drug-likeness (QED) is 0.877. The molecule has 2 saturated heterocycles. The Morgan fingerprint density at radius 3 is 2.58 bits per heavy atom. The molecular formula is C17H25NO. The van der Waals surface area contributed by atoms with Crippen LogP contribution < -0.4 is 5.32 Å². The molecule has 2 aliphatic rings. The molecule has 104 valence electrons. The molecule has 2 aliphatic heterocycles. The average molecular weight is 259 g/mol. The van der Waals surface area contributed by atoms with Crippen LogP contribution >= 0.6 is 0 Å². The molecule has 0 saturated carbocycles. The fraction of sp³-hybridized carbons (Fsp3) is 0.647. The Kier molecular flexibility index (Phi) is 3.90. The Balaban J connectivity index is 1.73. The highest BCUT2D eigenvalue weighted by atomic mass is 16.5. The van der Waals surface area contributed by atoms with Crippen molar-refractivity contribution in [2.45, 2.75) is 50.5 Å². The van der Waals surface area contributed by atoms with E-state index in [0.29, 0.717) is 6.04 Å². The molecule has 2 heterocycles. The largest absolute Gasteiger partial charge is 0.379 e. The average Bonchev–Trinajstić information content (AvgIpc) is 2.88. The normalized spacial score (nSPS) is 25.2. The van der Waals surface area contributed by atoms with Crippen molar-refractivity contribution >= 4 is 0 Å². The highest BCUT2D eigenvalue weighted by Crippen LogP contribution is 2.38. The number of rotatable bonds is 5. The summed E-state index contributed by atoms with van der Waals surface area (Å²) in [5.74, 6) is 0. The van der Waals surface area contributed by atoms with Crippen molar-refractivity contribution in [3.63, 3.8) is 0 Å². The maximum Gasteiger partial charge on any atom is 0.0586 e. The van der Waals surface area contributed by atoms with E-state index in [-0.39, 0.29) is 5.41 Å². The summed E-state index contributed by atoms with van der Waals surface area (Å²) < 4.78 is 5.55. The van der Waals surface area contributed by atoms with Gasteiger partial charge < -0.3 is 10.1 Å². The summed E-state index contributed by atoms with van der Waals surface area (Å²) in [7, 11) is 0. The predicted molar refractivity (Wildman–Crippen MR) is 78.6 cm³/mol. The molecule has 0 radical (unpaired) electrons. The van der Waals surface area contributed by atoms with Crippen molar-refractivity contribution < 1.29 is 4.74 Å². The Hall–Kier alpha value is -0.860. The molecule has 19 heavy (non-hydrogen) atoms. The van der Waals surface area contributed by atoms with E-state index in [4.69, 9.17) is 4.74 Å². The van der Waals surface area contributed by atoms with Crippen LogP contribution in [0.3, 0.4) is 0 Å². The van der Waals surface area contributed by atoms with Gasteiger partial charge in [-0.2, -0.15) is 0 Å². The lowest BCUT2D eigenvalue weighted by Crippen LogP contribution is -2.50. The summed E-state index contributed by atoms with van der Waals surface area (Å²) in [6, 6.07) is 9.98. The lowest BCUT2D eigenvalue weighted by molar-refractivity contribution is -0.0679. The van der Waals surface area contributed by atoms with E-state index in [1.807, 2.05) is 0 Å². The molecule has 0 bridgehead atoms. The van der Waals surface area contributed by atoms with Gasteiger partial charge in [-0.05, 0) is 43.4 Å². The second-order valence-electron chi connectivity index (χ2n) is 6.22. The van der Waals surface area contributed by atoms with Gasteiger partial charge >= 0.3 is 0 Å². The maximum atomic E-state index is 5.55. The second-order valence-corrected chi connectivity index (χ2v) is 6.22. The van der Waals surface area contributed by atoms with Crippen LogP contribution in [0.5, 0.6) is 0 Å². The van der Waals surface area contributed by atoms with E-state index >= 15 is 0 Å². The molecule has 2 nitrogen and oxygen atoms in total. The predicted octanol–water partition coefficient (Wildman–Crippen LogP) is 3.05. The van der Waals surface area contributed by atoms with E-state index in [1.54, 1.807) is 0 Å². The fourth-order valence-corrected chi connectivity index (χ4v) is 3.47. The van der Waals surface area contributed by atoms with Gasteiger partial charge in [0.1, 0.15) is 0 Å². The first kappa shape index (κ1) is 13.1. The topological polar surface area (TPSA) is 21.3 Å². The van der Waals surface area contributed by atoms with Crippen LogP contribution in [0.4, 0.5) is 0 Å². The molecular weight excluding hydrogens is 234 g/mol. The first-order chi connectivity index (χ1) is 9.32. The molecule has 0 spiro atoms. The summed E-state index contributed by atoms with van der Waals surface area (Å²) in [6.45, 7) is 5.23. The van der Waals surface area contributed by atoms with Crippen LogP contribution in [-0.4, -0.2) is 25.8 Å². The van der Waals surface area contributed by atoms with Gasteiger partial charge in [0, 0.05) is 11.5 Å². The van der Waals surface area contributed by atoms with Gasteiger partial charge in [0.05, 0.1) is 13.2 Å². The number of aryl methyl sites for hydroxylation is 1. The summed E-state index contributed by atoms with van der Waals surface area (Å²) >= 11 is 0. The number of nitrogens with one attached hydrogen (secondary N) is 1. The van der Waals surface area contributed by atoms with Crippen molar-refractivity contribution in [3.05, 3.63) is 35.4 Å². The van der Waals surface area contributed by atoms with Crippen LogP contribution in [0.25, 0.3) is 0 Å². The summed E-state index contributed by atoms with van der Waals surface area (Å²) in [5, 5.41) is 3.63. The third kappa shape index (κ3) is 2.70. The highest BCUT2D eigenvalue weighted by molar-refractivity contribution is 5.31. The van der Waals surface area contributed by atoms with Gasteiger partial charge in [0.15, 0.2) is 0 Å². The molecule has 1 aromatic carbocycles. The monoisotopic (exact) mass is 259 g/mol. The van der Waals surface area contributed by atoms with Gasteiger partial charge in [-0.3, -0.25) is 0 Å². The smallest absolute Gasteiger partial charge is 0.0586 e. The van der Waals surface area contributed by atoms with Crippen LogP contribution in [0.1, 0.15) is 43.7 Å². The van der Waals surface area contributed by atoms with Gasteiger partial charge in [-0.25, -0.2) is 0 Å². The lowest BCUT2D eigenvalue weighted by atomic mass is 9.73. The van der Waals surface area contributed by atoms with Crippen molar-refractivity contribution in [1.29, 1.82) is 0 Å².